The van der Waals surface area contributed by atoms with Crippen LogP contribution < -0.4 is 19.5 Å². The van der Waals surface area contributed by atoms with Crippen LogP contribution in [0.15, 0.2) is 47.4 Å². The number of hydrogen-bond acceptors (Lipinski definition) is 12. The molecule has 2 saturated heterocycles. The van der Waals surface area contributed by atoms with E-state index in [0.717, 1.165) is 0 Å². The van der Waals surface area contributed by atoms with Crippen LogP contribution in [0.1, 0.15) is 32.8 Å². The summed E-state index contributed by atoms with van der Waals surface area (Å²) >= 11 is 0. The Hall–Kier alpha value is -3.63. The molecule has 47 heavy (non-hydrogen) atoms. The fourth-order valence-corrected chi connectivity index (χ4v) is 7.31. The summed E-state index contributed by atoms with van der Waals surface area (Å²) in [5, 5.41) is 14.4. The molecular weight excluding hydrogens is 636 g/mol. The lowest BCUT2D eigenvalue weighted by molar-refractivity contribution is -0.145. The van der Waals surface area contributed by atoms with Gasteiger partial charge in [-0.2, -0.15) is 4.31 Å². The number of aliphatic hydroxyl groups excluding tert-OH is 1. The number of fused-ring (bicyclic) bond motifs is 2. The highest BCUT2D eigenvalue weighted by molar-refractivity contribution is 7.89. The molecule has 2 N–H and O–H groups in total. The molecule has 0 radical (unpaired) electrons. The first kappa shape index (κ1) is 34.7. The van der Waals surface area contributed by atoms with Crippen molar-refractivity contribution in [3.8, 4) is 17.2 Å². The summed E-state index contributed by atoms with van der Waals surface area (Å²) in [6.45, 7) is 5.95. The number of aliphatic hydroxyl groups is 1. The van der Waals surface area contributed by atoms with Crippen molar-refractivity contribution in [2.45, 2.75) is 63.0 Å². The molecule has 3 heterocycles. The van der Waals surface area contributed by atoms with E-state index in [2.05, 4.69) is 5.32 Å². The van der Waals surface area contributed by atoms with Gasteiger partial charge in [0.15, 0.2) is 24.4 Å². The van der Waals surface area contributed by atoms with Crippen LogP contribution in [0.3, 0.4) is 0 Å². The number of nitrogens with one attached hydrogen (secondary N) is 1. The number of rotatable bonds is 15. The maximum atomic E-state index is 13.9. The van der Waals surface area contributed by atoms with E-state index in [9.17, 15) is 23.1 Å². The van der Waals surface area contributed by atoms with E-state index < -0.39 is 46.6 Å². The van der Waals surface area contributed by atoms with Crippen molar-refractivity contribution in [2.24, 2.45) is 11.8 Å². The number of carbonyl (C=O) groups excluding carboxylic acids is 2. The quantitative estimate of drug-likeness (QED) is 0.265. The summed E-state index contributed by atoms with van der Waals surface area (Å²) in [4.78, 5) is 24.8. The summed E-state index contributed by atoms with van der Waals surface area (Å²) in [7, 11) is -4.09. The predicted octanol–water partition coefficient (Wildman–Crippen LogP) is 2.46. The molecule has 5 unspecified atom stereocenters. The average molecular weight is 679 g/mol. The second-order valence-electron chi connectivity index (χ2n) is 12.0. The molecule has 15 heteroatoms. The topological polar surface area (TPSA) is 168 Å². The maximum absolute atomic E-state index is 13.9. The van der Waals surface area contributed by atoms with Crippen LogP contribution in [0, 0.1) is 11.8 Å². The van der Waals surface area contributed by atoms with Gasteiger partial charge in [-0.1, -0.05) is 26.0 Å². The summed E-state index contributed by atoms with van der Waals surface area (Å²) in [6.07, 6.45) is -2.21. The third-order valence-corrected chi connectivity index (χ3v) is 9.82. The zero-order chi connectivity index (χ0) is 33.6. The molecule has 14 nitrogen and oxygen atoms in total. The molecule has 5 atom stereocenters. The van der Waals surface area contributed by atoms with Crippen molar-refractivity contribution in [1.82, 2.24) is 9.62 Å². The molecule has 0 saturated carbocycles. The number of sulfonamides is 1. The molecule has 3 aliphatic rings. The Kier molecular flexibility index (Phi) is 11.5. The van der Waals surface area contributed by atoms with Gasteiger partial charge in [0.05, 0.1) is 42.8 Å². The first-order chi connectivity index (χ1) is 22.5. The normalized spacial score (nSPS) is 21.4. The molecule has 0 aliphatic carbocycles. The lowest BCUT2D eigenvalue weighted by Crippen LogP contribution is -2.51. The van der Waals surface area contributed by atoms with Gasteiger partial charge in [-0.15, -0.1) is 0 Å². The Morgan fingerprint density at radius 1 is 1.06 bits per heavy atom. The monoisotopic (exact) mass is 678 g/mol. The van der Waals surface area contributed by atoms with Crippen molar-refractivity contribution < 1.29 is 56.3 Å². The Labute approximate surface area is 274 Å². The van der Waals surface area contributed by atoms with Crippen molar-refractivity contribution >= 4 is 22.1 Å². The average Bonchev–Trinajstić information content (AvgIpc) is 3.78. The van der Waals surface area contributed by atoms with Crippen molar-refractivity contribution in [1.29, 1.82) is 0 Å². The van der Waals surface area contributed by atoms with Gasteiger partial charge in [0.2, 0.25) is 16.8 Å². The van der Waals surface area contributed by atoms with E-state index in [4.69, 9.17) is 33.2 Å². The molecule has 0 bridgehead atoms. The molecule has 2 aromatic rings. The highest BCUT2D eigenvalue weighted by Crippen LogP contribution is 2.35. The first-order valence-electron chi connectivity index (χ1n) is 15.7. The van der Waals surface area contributed by atoms with Gasteiger partial charge >= 0.3 is 12.1 Å². The molecule has 258 valence electrons. The summed E-state index contributed by atoms with van der Waals surface area (Å²) < 4.78 is 66.8. The van der Waals surface area contributed by atoms with Crippen LogP contribution in [-0.2, 0) is 40.2 Å². The van der Waals surface area contributed by atoms with Gasteiger partial charge < -0.3 is 43.6 Å². The second kappa shape index (κ2) is 15.5. The van der Waals surface area contributed by atoms with Crippen LogP contribution in [-0.4, -0.2) is 101 Å². The van der Waals surface area contributed by atoms with Gasteiger partial charge in [-0.05, 0) is 55.5 Å². The minimum absolute atomic E-state index is 0.00336. The smallest absolute Gasteiger partial charge is 0.407 e. The largest absolute Gasteiger partial charge is 0.482 e. The number of esters is 1. The highest BCUT2D eigenvalue weighted by Gasteiger charge is 2.44. The standard InChI is InChI=1S/C32H42N2O12S/c1-4-40-30(36)18-42-22-7-5-21(6-8-22)13-25(33-32(37)46-29-17-43-31-24(29)11-12-41-31)26(35)16-34(15-20(2)3)47(38,39)23-9-10-27-28(14-23)45-19-44-27/h5-10,14,20,24-26,29,31,35H,4,11-13,15-19H2,1-3H3,(H,33,37). The van der Waals surface area contributed by atoms with Crippen LogP contribution in [0.25, 0.3) is 0 Å². The summed E-state index contributed by atoms with van der Waals surface area (Å²) in [5.41, 5.74) is 0.709. The van der Waals surface area contributed by atoms with Crippen molar-refractivity contribution in [2.75, 3.05) is 46.3 Å². The van der Waals surface area contributed by atoms with E-state index in [1.54, 1.807) is 31.2 Å². The third-order valence-electron chi connectivity index (χ3n) is 7.99. The van der Waals surface area contributed by atoms with Crippen LogP contribution >= 0.6 is 0 Å². The minimum Gasteiger partial charge on any atom is -0.482 e. The minimum atomic E-state index is -4.09. The van der Waals surface area contributed by atoms with E-state index in [-0.39, 0.29) is 62.9 Å². The highest BCUT2D eigenvalue weighted by atomic mass is 32.2. The number of amides is 1. The third kappa shape index (κ3) is 8.84. The number of benzene rings is 2. The number of alkyl carbamates (subject to hydrolysis) is 1. The van der Waals surface area contributed by atoms with Gasteiger partial charge in [-0.25, -0.2) is 18.0 Å². The number of ether oxygens (including phenoxy) is 7. The molecular formula is C32H42N2O12S. The Morgan fingerprint density at radius 3 is 2.57 bits per heavy atom. The second-order valence-corrected chi connectivity index (χ2v) is 13.9. The van der Waals surface area contributed by atoms with Crippen LogP contribution in [0.2, 0.25) is 0 Å². The number of hydrogen-bond donors (Lipinski definition) is 2. The van der Waals surface area contributed by atoms with Gasteiger partial charge in [0, 0.05) is 19.2 Å². The summed E-state index contributed by atoms with van der Waals surface area (Å²) in [5.74, 6) is 0.542. The lowest BCUT2D eigenvalue weighted by Gasteiger charge is -2.31. The molecule has 1 amide bonds. The van der Waals surface area contributed by atoms with E-state index in [0.29, 0.717) is 35.8 Å². The number of nitrogens with zero attached hydrogens (tertiary/aromatic N) is 1. The molecule has 0 aromatic heterocycles. The van der Waals surface area contributed by atoms with Crippen LogP contribution in [0.5, 0.6) is 17.2 Å². The molecule has 5 rings (SSSR count). The predicted molar refractivity (Wildman–Crippen MR) is 165 cm³/mol. The van der Waals surface area contributed by atoms with E-state index >= 15 is 0 Å². The zero-order valence-corrected chi connectivity index (χ0v) is 27.5. The first-order valence-corrected chi connectivity index (χ1v) is 17.1. The SMILES string of the molecule is CCOC(=O)COc1ccc(CC(NC(=O)OC2COC3OCCC23)C(O)CN(CC(C)C)S(=O)(=O)c2ccc3c(c2)OCO3)cc1. The molecule has 2 fully saturated rings. The van der Waals surface area contributed by atoms with E-state index in [1.807, 2.05) is 13.8 Å². The van der Waals surface area contributed by atoms with E-state index in [1.165, 1.54) is 22.5 Å². The summed E-state index contributed by atoms with van der Waals surface area (Å²) in [6, 6.07) is 10.2. The number of carbonyl (C=O) groups is 2. The van der Waals surface area contributed by atoms with Crippen molar-refractivity contribution in [3.05, 3.63) is 48.0 Å². The molecule has 0 spiro atoms. The zero-order valence-electron chi connectivity index (χ0n) is 26.7. The Bertz CT molecular complexity index is 1490. The van der Waals surface area contributed by atoms with Gasteiger partial charge in [0.25, 0.3) is 0 Å². The molecule has 2 aromatic carbocycles. The fourth-order valence-electron chi connectivity index (χ4n) is 5.67. The van der Waals surface area contributed by atoms with Gasteiger partial charge in [-0.3, -0.25) is 0 Å². The Balaban J connectivity index is 1.32. The van der Waals surface area contributed by atoms with Crippen LogP contribution in [0.4, 0.5) is 4.79 Å². The molecule has 3 aliphatic heterocycles. The van der Waals surface area contributed by atoms with Crippen molar-refractivity contribution in [3.63, 3.8) is 0 Å². The van der Waals surface area contributed by atoms with Gasteiger partial charge in [0.1, 0.15) is 11.9 Å². The maximum Gasteiger partial charge on any atom is 0.407 e. The fraction of sp³-hybridized carbons (Fsp3) is 0.562. The Morgan fingerprint density at radius 2 is 1.83 bits per heavy atom. The lowest BCUT2D eigenvalue weighted by atomic mass is 10.0.